The molecule has 1 aliphatic carbocycles. The normalized spacial score (nSPS) is 23.7. The molecule has 1 atom stereocenters. The van der Waals surface area contributed by atoms with Gasteiger partial charge in [-0.2, -0.15) is 0 Å². The van der Waals surface area contributed by atoms with Crippen molar-refractivity contribution in [3.63, 3.8) is 0 Å². The first-order valence-electron chi connectivity index (χ1n) is 5.33. The molecule has 0 spiro atoms. The largest absolute Gasteiger partial charge is 0.342 e. The van der Waals surface area contributed by atoms with E-state index in [-0.39, 0.29) is 11.9 Å². The van der Waals surface area contributed by atoms with E-state index >= 15 is 0 Å². The van der Waals surface area contributed by atoms with Gasteiger partial charge in [-0.25, -0.2) is 0 Å². The number of carbonyl (C=O) groups excluding carboxylic acids is 1. The maximum Gasteiger partial charge on any atom is 0.236 e. The van der Waals surface area contributed by atoms with Crippen LogP contribution in [0.5, 0.6) is 0 Å². The van der Waals surface area contributed by atoms with Crippen LogP contribution in [0.25, 0.3) is 0 Å². The molecule has 1 N–H and O–H groups in total. The molecule has 0 aromatic heterocycles. The first-order chi connectivity index (χ1) is 6.34. The maximum absolute atomic E-state index is 11.6. The van der Waals surface area contributed by atoms with Crippen molar-refractivity contribution in [2.24, 2.45) is 5.41 Å². The molecule has 0 aliphatic heterocycles. The summed E-state index contributed by atoms with van der Waals surface area (Å²) in [5.74, 6) is 0.183. The maximum atomic E-state index is 11.6. The van der Waals surface area contributed by atoms with Gasteiger partial charge in [0.05, 0.1) is 6.54 Å². The first-order valence-corrected chi connectivity index (χ1v) is 5.33. The number of carbonyl (C=O) groups is 1. The minimum absolute atomic E-state index is 0.183. The zero-order valence-electron chi connectivity index (χ0n) is 9.92. The van der Waals surface area contributed by atoms with E-state index in [1.165, 1.54) is 6.42 Å². The molecule has 0 bridgehead atoms. The fourth-order valence-electron chi connectivity index (χ4n) is 1.44. The lowest BCUT2D eigenvalue weighted by atomic mass is 10.2. The van der Waals surface area contributed by atoms with Crippen molar-refractivity contribution in [3.8, 4) is 0 Å². The van der Waals surface area contributed by atoms with Crippen molar-refractivity contribution < 1.29 is 4.79 Å². The van der Waals surface area contributed by atoms with E-state index in [0.29, 0.717) is 18.0 Å². The Morgan fingerprint density at radius 1 is 1.57 bits per heavy atom. The predicted molar refractivity (Wildman–Crippen MR) is 58.1 cm³/mol. The monoisotopic (exact) mass is 198 g/mol. The fraction of sp³-hybridized carbons (Fsp3) is 0.909. The Labute approximate surface area is 86.9 Å². The van der Waals surface area contributed by atoms with Gasteiger partial charge >= 0.3 is 0 Å². The summed E-state index contributed by atoms with van der Waals surface area (Å²) in [7, 11) is 1.85. The van der Waals surface area contributed by atoms with Gasteiger partial charge in [0.15, 0.2) is 0 Å². The standard InChI is InChI=1S/C11H22N2O/c1-8(2)13(5)10(14)7-12-9-6-11(9,3)4/h8-9,12H,6-7H2,1-5H3. The lowest BCUT2D eigenvalue weighted by Gasteiger charge is -2.21. The van der Waals surface area contributed by atoms with Crippen LogP contribution in [0.15, 0.2) is 0 Å². The first kappa shape index (κ1) is 11.5. The molecule has 0 radical (unpaired) electrons. The van der Waals surface area contributed by atoms with E-state index in [2.05, 4.69) is 19.2 Å². The Bertz CT molecular complexity index is 223. The van der Waals surface area contributed by atoms with Crippen molar-refractivity contribution in [1.82, 2.24) is 10.2 Å². The van der Waals surface area contributed by atoms with Crippen LogP contribution in [0.2, 0.25) is 0 Å². The van der Waals surface area contributed by atoms with Crippen molar-refractivity contribution in [1.29, 1.82) is 0 Å². The highest BCUT2D eigenvalue weighted by Crippen LogP contribution is 2.44. The number of likely N-dealkylation sites (N-methyl/N-ethyl adjacent to an activating group) is 1. The van der Waals surface area contributed by atoms with Gasteiger partial charge in [-0.15, -0.1) is 0 Å². The molecular formula is C11H22N2O. The topological polar surface area (TPSA) is 32.3 Å². The van der Waals surface area contributed by atoms with Gasteiger partial charge in [0.1, 0.15) is 0 Å². The lowest BCUT2D eigenvalue weighted by molar-refractivity contribution is -0.130. The molecule has 1 unspecified atom stereocenters. The second-order valence-corrected chi connectivity index (χ2v) is 5.22. The fourth-order valence-corrected chi connectivity index (χ4v) is 1.44. The quantitative estimate of drug-likeness (QED) is 0.737. The van der Waals surface area contributed by atoms with Gasteiger partial charge in [0, 0.05) is 19.1 Å². The van der Waals surface area contributed by atoms with Crippen molar-refractivity contribution in [3.05, 3.63) is 0 Å². The molecule has 1 saturated carbocycles. The third-order valence-corrected chi connectivity index (χ3v) is 3.18. The molecule has 1 amide bonds. The summed E-state index contributed by atoms with van der Waals surface area (Å²) in [4.78, 5) is 13.4. The van der Waals surface area contributed by atoms with Crippen LogP contribution in [0.3, 0.4) is 0 Å². The smallest absolute Gasteiger partial charge is 0.236 e. The SMILES string of the molecule is CC(C)N(C)C(=O)CNC1CC1(C)C. The number of hydrogen-bond acceptors (Lipinski definition) is 2. The number of nitrogens with one attached hydrogen (secondary N) is 1. The van der Waals surface area contributed by atoms with Gasteiger partial charge in [0.2, 0.25) is 5.91 Å². The van der Waals surface area contributed by atoms with Crippen molar-refractivity contribution in [2.75, 3.05) is 13.6 Å². The zero-order chi connectivity index (χ0) is 10.9. The highest BCUT2D eigenvalue weighted by molar-refractivity contribution is 5.78. The van der Waals surface area contributed by atoms with Crippen LogP contribution in [0.4, 0.5) is 0 Å². The summed E-state index contributed by atoms with van der Waals surface area (Å²) in [6.45, 7) is 8.98. The predicted octanol–water partition coefficient (Wildman–Crippen LogP) is 1.24. The Morgan fingerprint density at radius 2 is 2.07 bits per heavy atom. The molecule has 3 heteroatoms. The highest BCUT2D eigenvalue weighted by atomic mass is 16.2. The van der Waals surface area contributed by atoms with Gasteiger partial charge in [0.25, 0.3) is 0 Å². The Balaban J connectivity index is 2.22. The lowest BCUT2D eigenvalue weighted by Crippen LogP contribution is -2.40. The van der Waals surface area contributed by atoms with E-state index in [0.717, 1.165) is 0 Å². The van der Waals surface area contributed by atoms with Gasteiger partial charge in [-0.05, 0) is 25.7 Å². The van der Waals surface area contributed by atoms with Crippen LogP contribution >= 0.6 is 0 Å². The summed E-state index contributed by atoms with van der Waals surface area (Å²) >= 11 is 0. The molecule has 82 valence electrons. The Kier molecular flexibility index (Phi) is 3.20. The number of rotatable bonds is 4. The minimum Gasteiger partial charge on any atom is -0.342 e. The zero-order valence-corrected chi connectivity index (χ0v) is 9.92. The summed E-state index contributed by atoms with van der Waals surface area (Å²) in [5, 5.41) is 3.29. The van der Waals surface area contributed by atoms with E-state index in [9.17, 15) is 4.79 Å². The number of amides is 1. The van der Waals surface area contributed by atoms with Crippen LogP contribution < -0.4 is 5.32 Å². The molecular weight excluding hydrogens is 176 g/mol. The Morgan fingerprint density at radius 3 is 2.43 bits per heavy atom. The molecule has 14 heavy (non-hydrogen) atoms. The Hall–Kier alpha value is -0.570. The van der Waals surface area contributed by atoms with Crippen LogP contribution in [0.1, 0.15) is 34.1 Å². The molecule has 1 aliphatic rings. The second kappa shape index (κ2) is 3.89. The molecule has 3 nitrogen and oxygen atoms in total. The van der Waals surface area contributed by atoms with E-state index in [4.69, 9.17) is 0 Å². The molecule has 1 rings (SSSR count). The average molecular weight is 198 g/mol. The van der Waals surface area contributed by atoms with Crippen LogP contribution in [0, 0.1) is 5.41 Å². The molecule has 0 aromatic rings. The number of hydrogen-bond donors (Lipinski definition) is 1. The summed E-state index contributed by atoms with van der Waals surface area (Å²) in [5.41, 5.74) is 0.399. The molecule has 0 aromatic carbocycles. The molecule has 0 heterocycles. The third kappa shape index (κ3) is 2.71. The summed E-state index contributed by atoms with van der Waals surface area (Å²) < 4.78 is 0. The van der Waals surface area contributed by atoms with Crippen LogP contribution in [-0.2, 0) is 4.79 Å². The van der Waals surface area contributed by atoms with Gasteiger partial charge in [-0.1, -0.05) is 13.8 Å². The van der Waals surface area contributed by atoms with Crippen molar-refractivity contribution >= 4 is 5.91 Å². The summed E-state index contributed by atoms with van der Waals surface area (Å²) in [6.07, 6.45) is 1.19. The highest BCUT2D eigenvalue weighted by Gasteiger charge is 2.45. The summed E-state index contributed by atoms with van der Waals surface area (Å²) in [6, 6.07) is 0.823. The minimum atomic E-state index is 0.183. The molecule has 1 fully saturated rings. The van der Waals surface area contributed by atoms with Gasteiger partial charge in [-0.3, -0.25) is 4.79 Å². The number of nitrogens with zero attached hydrogens (tertiary/aromatic N) is 1. The third-order valence-electron chi connectivity index (χ3n) is 3.18. The van der Waals surface area contributed by atoms with Crippen molar-refractivity contribution in [2.45, 2.75) is 46.2 Å². The average Bonchev–Trinajstić information content (AvgIpc) is 2.68. The van der Waals surface area contributed by atoms with E-state index < -0.39 is 0 Å². The van der Waals surface area contributed by atoms with E-state index in [1.807, 2.05) is 20.9 Å². The molecule has 0 saturated heterocycles. The van der Waals surface area contributed by atoms with Crippen LogP contribution in [-0.4, -0.2) is 36.5 Å². The second-order valence-electron chi connectivity index (χ2n) is 5.22. The van der Waals surface area contributed by atoms with Gasteiger partial charge < -0.3 is 10.2 Å². The van der Waals surface area contributed by atoms with E-state index in [1.54, 1.807) is 4.90 Å².